The van der Waals surface area contributed by atoms with E-state index in [1.165, 1.54) is 0 Å². The number of nitrogen functional groups attached to an aromatic ring is 1. The highest BCUT2D eigenvalue weighted by molar-refractivity contribution is 5.92. The lowest BCUT2D eigenvalue weighted by Gasteiger charge is -2.11. The van der Waals surface area contributed by atoms with Crippen LogP contribution in [0, 0.1) is 6.92 Å². The van der Waals surface area contributed by atoms with Crippen LogP contribution in [-0.4, -0.2) is 19.6 Å². The number of anilines is 2. The van der Waals surface area contributed by atoms with E-state index < -0.39 is 0 Å². The summed E-state index contributed by atoms with van der Waals surface area (Å²) < 4.78 is 10.7. The number of ether oxygens (including phenoxy) is 2. The van der Waals surface area contributed by atoms with E-state index in [-0.39, 0.29) is 5.91 Å². The van der Waals surface area contributed by atoms with Gasteiger partial charge in [0.2, 0.25) is 5.91 Å². The third-order valence-corrected chi connectivity index (χ3v) is 3.64. The summed E-state index contributed by atoms with van der Waals surface area (Å²) >= 11 is 0. The number of hydrogen-bond donors (Lipinski definition) is 2. The van der Waals surface area contributed by atoms with Gasteiger partial charge in [-0.05, 0) is 55.7 Å². The molecule has 0 atom stereocenters. The fourth-order valence-electron chi connectivity index (χ4n) is 2.43. The van der Waals surface area contributed by atoms with Crippen molar-refractivity contribution in [3.8, 4) is 11.5 Å². The average Bonchev–Trinajstić information content (AvgIpc) is 2.55. The van der Waals surface area contributed by atoms with Crippen molar-refractivity contribution in [1.29, 1.82) is 0 Å². The second kappa shape index (κ2) is 8.24. The standard InChI is InChI=1S/C19H24N2O3/c1-4-24-17-9-6-14(12-15(17)20)7-10-19(22)21-16-11-13(2)5-8-18(16)23-3/h5-6,8-9,11-12H,4,7,10,20H2,1-3H3,(H,21,22). The maximum absolute atomic E-state index is 12.2. The van der Waals surface area contributed by atoms with E-state index in [0.29, 0.717) is 42.3 Å². The van der Waals surface area contributed by atoms with Gasteiger partial charge in [-0.1, -0.05) is 12.1 Å². The molecule has 0 aliphatic carbocycles. The minimum absolute atomic E-state index is 0.0636. The Bertz CT molecular complexity index is 714. The molecule has 0 heterocycles. The van der Waals surface area contributed by atoms with Crippen molar-refractivity contribution < 1.29 is 14.3 Å². The highest BCUT2D eigenvalue weighted by Crippen LogP contribution is 2.26. The summed E-state index contributed by atoms with van der Waals surface area (Å²) in [7, 11) is 1.59. The molecule has 5 nitrogen and oxygen atoms in total. The van der Waals surface area contributed by atoms with Crippen LogP contribution >= 0.6 is 0 Å². The molecular weight excluding hydrogens is 304 g/mol. The molecular formula is C19H24N2O3. The summed E-state index contributed by atoms with van der Waals surface area (Å²) in [5, 5.41) is 2.90. The number of carbonyl (C=O) groups excluding carboxylic acids is 1. The quantitative estimate of drug-likeness (QED) is 0.762. The zero-order valence-corrected chi connectivity index (χ0v) is 14.4. The van der Waals surface area contributed by atoms with E-state index in [0.717, 1.165) is 11.1 Å². The number of benzene rings is 2. The van der Waals surface area contributed by atoms with Crippen LogP contribution in [0.15, 0.2) is 36.4 Å². The molecule has 2 aromatic rings. The predicted molar refractivity (Wildman–Crippen MR) is 96.7 cm³/mol. The van der Waals surface area contributed by atoms with Crippen molar-refractivity contribution in [3.63, 3.8) is 0 Å². The molecule has 2 rings (SSSR count). The molecule has 0 unspecified atom stereocenters. The molecule has 0 aliphatic rings. The van der Waals surface area contributed by atoms with E-state index in [1.54, 1.807) is 7.11 Å². The lowest BCUT2D eigenvalue weighted by Crippen LogP contribution is -2.13. The minimum atomic E-state index is -0.0636. The van der Waals surface area contributed by atoms with Gasteiger partial charge in [-0.2, -0.15) is 0 Å². The maximum atomic E-state index is 12.2. The van der Waals surface area contributed by atoms with Crippen molar-refractivity contribution in [2.75, 3.05) is 24.8 Å². The number of amides is 1. The lowest BCUT2D eigenvalue weighted by atomic mass is 10.1. The molecule has 0 aromatic heterocycles. The van der Waals surface area contributed by atoms with E-state index >= 15 is 0 Å². The summed E-state index contributed by atoms with van der Waals surface area (Å²) in [5.41, 5.74) is 9.29. The van der Waals surface area contributed by atoms with Gasteiger partial charge in [0.05, 0.1) is 25.1 Å². The van der Waals surface area contributed by atoms with Gasteiger partial charge >= 0.3 is 0 Å². The van der Waals surface area contributed by atoms with Gasteiger partial charge in [-0.3, -0.25) is 4.79 Å². The van der Waals surface area contributed by atoms with Crippen molar-refractivity contribution in [2.45, 2.75) is 26.7 Å². The van der Waals surface area contributed by atoms with Crippen LogP contribution in [0.3, 0.4) is 0 Å². The molecule has 3 N–H and O–H groups in total. The molecule has 0 spiro atoms. The zero-order valence-electron chi connectivity index (χ0n) is 14.4. The summed E-state index contributed by atoms with van der Waals surface area (Å²) in [4.78, 5) is 12.2. The fraction of sp³-hybridized carbons (Fsp3) is 0.316. The summed E-state index contributed by atoms with van der Waals surface area (Å²) in [5.74, 6) is 1.26. The smallest absolute Gasteiger partial charge is 0.224 e. The molecule has 5 heteroatoms. The largest absolute Gasteiger partial charge is 0.495 e. The Labute approximate surface area is 142 Å². The Balaban J connectivity index is 1.96. The summed E-state index contributed by atoms with van der Waals surface area (Å²) in [6, 6.07) is 11.3. The first-order valence-corrected chi connectivity index (χ1v) is 7.99. The lowest BCUT2D eigenvalue weighted by molar-refractivity contribution is -0.116. The highest BCUT2D eigenvalue weighted by Gasteiger charge is 2.09. The Kier molecular flexibility index (Phi) is 6.07. The monoisotopic (exact) mass is 328 g/mol. The Hall–Kier alpha value is -2.69. The number of carbonyl (C=O) groups is 1. The first kappa shape index (κ1) is 17.7. The van der Waals surface area contributed by atoms with Gasteiger partial charge in [0, 0.05) is 6.42 Å². The number of nitrogens with two attached hydrogens (primary N) is 1. The molecule has 0 saturated carbocycles. The number of hydrogen-bond acceptors (Lipinski definition) is 4. The third kappa shape index (κ3) is 4.65. The Morgan fingerprint density at radius 3 is 2.58 bits per heavy atom. The molecule has 24 heavy (non-hydrogen) atoms. The van der Waals surface area contributed by atoms with Crippen LogP contribution in [0.2, 0.25) is 0 Å². The van der Waals surface area contributed by atoms with Gasteiger partial charge in [-0.25, -0.2) is 0 Å². The van der Waals surface area contributed by atoms with Gasteiger partial charge in [0.25, 0.3) is 0 Å². The minimum Gasteiger partial charge on any atom is -0.495 e. The Morgan fingerprint density at radius 2 is 1.92 bits per heavy atom. The van der Waals surface area contributed by atoms with Crippen LogP contribution in [0.1, 0.15) is 24.5 Å². The SMILES string of the molecule is CCOc1ccc(CCC(=O)Nc2cc(C)ccc2OC)cc1N. The van der Waals surface area contributed by atoms with Gasteiger partial charge < -0.3 is 20.5 Å². The van der Waals surface area contributed by atoms with Crippen molar-refractivity contribution in [3.05, 3.63) is 47.5 Å². The van der Waals surface area contributed by atoms with Crippen molar-refractivity contribution >= 4 is 17.3 Å². The van der Waals surface area contributed by atoms with Crippen LogP contribution < -0.4 is 20.5 Å². The van der Waals surface area contributed by atoms with E-state index in [1.807, 2.05) is 50.2 Å². The molecule has 0 fully saturated rings. The first-order chi connectivity index (χ1) is 11.5. The molecule has 0 saturated heterocycles. The number of nitrogens with one attached hydrogen (secondary N) is 1. The molecule has 1 amide bonds. The van der Waals surface area contributed by atoms with E-state index in [2.05, 4.69) is 5.32 Å². The van der Waals surface area contributed by atoms with E-state index in [9.17, 15) is 4.79 Å². The number of rotatable bonds is 7. The summed E-state index contributed by atoms with van der Waals surface area (Å²) in [6.07, 6.45) is 0.973. The van der Waals surface area contributed by atoms with Gasteiger partial charge in [0.15, 0.2) is 0 Å². The highest BCUT2D eigenvalue weighted by atomic mass is 16.5. The van der Waals surface area contributed by atoms with Crippen LogP contribution in [0.4, 0.5) is 11.4 Å². The van der Waals surface area contributed by atoms with Gasteiger partial charge in [0.1, 0.15) is 11.5 Å². The second-order valence-electron chi connectivity index (χ2n) is 5.56. The summed E-state index contributed by atoms with van der Waals surface area (Å²) in [6.45, 7) is 4.46. The van der Waals surface area contributed by atoms with Crippen LogP contribution in [0.5, 0.6) is 11.5 Å². The van der Waals surface area contributed by atoms with Crippen molar-refractivity contribution in [2.24, 2.45) is 0 Å². The third-order valence-electron chi connectivity index (χ3n) is 3.64. The molecule has 0 aliphatic heterocycles. The average molecular weight is 328 g/mol. The molecule has 128 valence electrons. The number of aryl methyl sites for hydroxylation is 2. The van der Waals surface area contributed by atoms with E-state index in [4.69, 9.17) is 15.2 Å². The zero-order chi connectivity index (χ0) is 17.5. The predicted octanol–water partition coefficient (Wildman–Crippen LogP) is 3.56. The normalized spacial score (nSPS) is 10.3. The van der Waals surface area contributed by atoms with Gasteiger partial charge in [-0.15, -0.1) is 0 Å². The fourth-order valence-corrected chi connectivity index (χ4v) is 2.43. The second-order valence-corrected chi connectivity index (χ2v) is 5.56. The molecule has 2 aromatic carbocycles. The van der Waals surface area contributed by atoms with Crippen molar-refractivity contribution in [1.82, 2.24) is 0 Å². The first-order valence-electron chi connectivity index (χ1n) is 7.99. The topological polar surface area (TPSA) is 73.6 Å². The molecule has 0 radical (unpaired) electrons. The number of methoxy groups -OCH3 is 1. The van der Waals surface area contributed by atoms with Crippen LogP contribution in [0.25, 0.3) is 0 Å². The maximum Gasteiger partial charge on any atom is 0.224 e. The Morgan fingerprint density at radius 1 is 1.17 bits per heavy atom. The van der Waals surface area contributed by atoms with Crippen LogP contribution in [-0.2, 0) is 11.2 Å². The molecule has 0 bridgehead atoms.